The highest BCUT2D eigenvalue weighted by molar-refractivity contribution is 5.64. The van der Waals surface area contributed by atoms with Gasteiger partial charge in [0.1, 0.15) is 0 Å². The predicted molar refractivity (Wildman–Crippen MR) is 121 cm³/mol. The number of aromatic nitrogens is 2. The number of hydrogen-bond acceptors (Lipinski definition) is 3. The summed E-state index contributed by atoms with van der Waals surface area (Å²) in [5, 5.41) is 9.94. The highest BCUT2D eigenvalue weighted by Crippen LogP contribution is 2.29. The van der Waals surface area contributed by atoms with Crippen molar-refractivity contribution < 1.29 is 13.9 Å². The van der Waals surface area contributed by atoms with E-state index in [0.717, 1.165) is 22.3 Å². The van der Waals surface area contributed by atoms with Gasteiger partial charge in [-0.3, -0.25) is 14.0 Å². The van der Waals surface area contributed by atoms with E-state index >= 15 is 0 Å². The lowest BCUT2D eigenvalue weighted by Crippen LogP contribution is -2.38. The van der Waals surface area contributed by atoms with Gasteiger partial charge < -0.3 is 5.11 Å². The van der Waals surface area contributed by atoms with Crippen LogP contribution in [0.25, 0.3) is 11.1 Å². The SMILES string of the molecule is C=CCn1c(O)cn(Cc2ccc(-c3cccc(CN4CCC(F)(F)CC4)c3)cc2)c1=O. The molecule has 32 heavy (non-hydrogen) atoms. The molecule has 1 N–H and O–H groups in total. The molecule has 0 bridgehead atoms. The fourth-order valence-corrected chi connectivity index (χ4v) is 4.08. The van der Waals surface area contributed by atoms with Gasteiger partial charge in [-0.2, -0.15) is 0 Å². The molecular formula is C25H27F2N3O2. The van der Waals surface area contributed by atoms with Crippen LogP contribution in [0.4, 0.5) is 8.78 Å². The molecule has 7 heteroatoms. The number of halogens is 2. The third-order valence-corrected chi connectivity index (χ3v) is 5.90. The van der Waals surface area contributed by atoms with Gasteiger partial charge in [0.05, 0.1) is 12.7 Å². The van der Waals surface area contributed by atoms with Crippen molar-refractivity contribution in [3.8, 4) is 17.0 Å². The maximum absolute atomic E-state index is 13.4. The van der Waals surface area contributed by atoms with Crippen molar-refractivity contribution in [2.45, 2.75) is 38.4 Å². The van der Waals surface area contributed by atoms with E-state index in [1.165, 1.54) is 15.3 Å². The van der Waals surface area contributed by atoms with E-state index in [9.17, 15) is 18.7 Å². The molecule has 0 unspecified atom stereocenters. The second kappa shape index (κ2) is 9.12. The van der Waals surface area contributed by atoms with Crippen LogP contribution in [-0.2, 0) is 19.6 Å². The van der Waals surface area contributed by atoms with E-state index in [-0.39, 0.29) is 31.0 Å². The van der Waals surface area contributed by atoms with Gasteiger partial charge in [0.25, 0.3) is 5.92 Å². The zero-order valence-corrected chi connectivity index (χ0v) is 17.9. The summed E-state index contributed by atoms with van der Waals surface area (Å²) >= 11 is 0. The van der Waals surface area contributed by atoms with Crippen LogP contribution >= 0.6 is 0 Å². The molecule has 2 aromatic carbocycles. The molecule has 1 saturated heterocycles. The number of aromatic hydroxyl groups is 1. The Balaban J connectivity index is 1.44. The molecule has 5 nitrogen and oxygen atoms in total. The van der Waals surface area contributed by atoms with Crippen LogP contribution in [-0.4, -0.2) is 38.2 Å². The highest BCUT2D eigenvalue weighted by atomic mass is 19.3. The van der Waals surface area contributed by atoms with Gasteiger partial charge in [-0.1, -0.05) is 48.5 Å². The summed E-state index contributed by atoms with van der Waals surface area (Å²) in [5.41, 5.74) is 3.86. The van der Waals surface area contributed by atoms with Crippen LogP contribution in [0.5, 0.6) is 5.88 Å². The Bertz CT molecular complexity index is 1140. The average molecular weight is 440 g/mol. The molecule has 1 aliphatic heterocycles. The monoisotopic (exact) mass is 439 g/mol. The van der Waals surface area contributed by atoms with E-state index in [0.29, 0.717) is 26.2 Å². The summed E-state index contributed by atoms with van der Waals surface area (Å²) in [6.45, 7) is 5.70. The third-order valence-electron chi connectivity index (χ3n) is 5.90. The van der Waals surface area contributed by atoms with Gasteiger partial charge in [0.2, 0.25) is 5.88 Å². The first-order valence-electron chi connectivity index (χ1n) is 10.7. The van der Waals surface area contributed by atoms with Crippen LogP contribution in [0.15, 0.2) is 72.2 Å². The number of rotatable bonds is 7. The minimum Gasteiger partial charge on any atom is -0.493 e. The molecule has 0 aliphatic carbocycles. The standard InChI is InChI=1S/C25H27F2N3O2/c1-2-12-30-23(31)18-29(24(30)32)17-19-6-8-21(9-7-19)22-5-3-4-20(15-22)16-28-13-10-25(26,27)11-14-28/h2-9,15,18,31H,1,10-14,16-17H2. The Hall–Kier alpha value is -3.19. The van der Waals surface area contributed by atoms with Gasteiger partial charge in [-0.25, -0.2) is 13.6 Å². The summed E-state index contributed by atoms with van der Waals surface area (Å²) in [7, 11) is 0. The number of benzene rings is 2. The van der Waals surface area contributed by atoms with E-state index in [2.05, 4.69) is 17.5 Å². The summed E-state index contributed by atoms with van der Waals surface area (Å²) in [4.78, 5) is 14.5. The first-order valence-corrected chi connectivity index (χ1v) is 10.7. The predicted octanol–water partition coefficient (Wildman–Crippen LogP) is 4.49. The van der Waals surface area contributed by atoms with Gasteiger partial charge in [-0.15, -0.1) is 6.58 Å². The smallest absolute Gasteiger partial charge is 0.331 e. The molecule has 2 heterocycles. The van der Waals surface area contributed by atoms with Crippen molar-refractivity contribution >= 4 is 0 Å². The average Bonchev–Trinajstić information content (AvgIpc) is 3.04. The molecule has 0 spiro atoms. The maximum atomic E-state index is 13.4. The Morgan fingerprint density at radius 3 is 2.41 bits per heavy atom. The lowest BCUT2D eigenvalue weighted by Gasteiger charge is -2.31. The minimum atomic E-state index is -2.53. The summed E-state index contributed by atoms with van der Waals surface area (Å²) in [6, 6.07) is 16.1. The molecule has 0 saturated carbocycles. The van der Waals surface area contributed by atoms with Gasteiger partial charge in [0, 0.05) is 39.0 Å². The zero-order valence-electron chi connectivity index (χ0n) is 17.9. The molecule has 4 rings (SSSR count). The van der Waals surface area contributed by atoms with Crippen molar-refractivity contribution in [3.05, 3.63) is 89.0 Å². The van der Waals surface area contributed by atoms with Gasteiger partial charge in [0.15, 0.2) is 0 Å². The lowest BCUT2D eigenvalue weighted by atomic mass is 10.0. The van der Waals surface area contributed by atoms with Crippen molar-refractivity contribution in [1.29, 1.82) is 0 Å². The second-order valence-corrected chi connectivity index (χ2v) is 8.33. The van der Waals surface area contributed by atoms with Gasteiger partial charge in [-0.05, 0) is 28.3 Å². The van der Waals surface area contributed by atoms with Crippen LogP contribution in [0.2, 0.25) is 0 Å². The fourth-order valence-electron chi connectivity index (χ4n) is 4.08. The largest absolute Gasteiger partial charge is 0.493 e. The molecule has 0 atom stereocenters. The Kier molecular flexibility index (Phi) is 6.28. The molecule has 0 radical (unpaired) electrons. The Morgan fingerprint density at radius 2 is 1.72 bits per heavy atom. The second-order valence-electron chi connectivity index (χ2n) is 8.33. The molecular weight excluding hydrogens is 412 g/mol. The molecule has 1 fully saturated rings. The topological polar surface area (TPSA) is 50.4 Å². The van der Waals surface area contributed by atoms with Crippen molar-refractivity contribution in [2.24, 2.45) is 0 Å². The fraction of sp³-hybridized carbons (Fsp3) is 0.320. The third kappa shape index (κ3) is 4.99. The van der Waals surface area contributed by atoms with Crippen molar-refractivity contribution in [3.63, 3.8) is 0 Å². The first kappa shape index (κ1) is 22.0. The Morgan fingerprint density at radius 1 is 1.00 bits per heavy atom. The van der Waals surface area contributed by atoms with Gasteiger partial charge >= 0.3 is 5.69 Å². The summed E-state index contributed by atoms with van der Waals surface area (Å²) in [5.74, 6) is -2.61. The Labute approximate surface area is 185 Å². The molecule has 0 amide bonds. The minimum absolute atomic E-state index is 0.0774. The van der Waals surface area contributed by atoms with Crippen molar-refractivity contribution in [2.75, 3.05) is 13.1 Å². The number of hydrogen-bond donors (Lipinski definition) is 1. The van der Waals surface area contributed by atoms with E-state index in [1.54, 1.807) is 6.08 Å². The number of imidazole rings is 1. The number of alkyl halides is 2. The van der Waals surface area contributed by atoms with Crippen LogP contribution < -0.4 is 5.69 Å². The van der Waals surface area contributed by atoms with E-state index in [4.69, 9.17) is 0 Å². The van der Waals surface area contributed by atoms with Crippen LogP contribution in [0.1, 0.15) is 24.0 Å². The van der Waals surface area contributed by atoms with Crippen LogP contribution in [0.3, 0.4) is 0 Å². The number of likely N-dealkylation sites (tertiary alicyclic amines) is 1. The summed E-state index contributed by atoms with van der Waals surface area (Å²) < 4.78 is 29.5. The number of piperidine rings is 1. The molecule has 1 aliphatic rings. The first-order chi connectivity index (χ1) is 15.3. The maximum Gasteiger partial charge on any atom is 0.331 e. The summed E-state index contributed by atoms with van der Waals surface area (Å²) in [6.07, 6.45) is 2.84. The highest BCUT2D eigenvalue weighted by Gasteiger charge is 2.33. The van der Waals surface area contributed by atoms with Crippen molar-refractivity contribution in [1.82, 2.24) is 14.0 Å². The van der Waals surface area contributed by atoms with E-state index < -0.39 is 5.92 Å². The zero-order chi connectivity index (χ0) is 22.7. The number of allylic oxidation sites excluding steroid dienone is 1. The lowest BCUT2D eigenvalue weighted by molar-refractivity contribution is -0.0566. The molecule has 168 valence electrons. The molecule has 3 aromatic rings. The number of nitrogens with zero attached hydrogens (tertiary/aromatic N) is 3. The quantitative estimate of drug-likeness (QED) is 0.552. The normalized spacial score (nSPS) is 16.2. The van der Waals surface area contributed by atoms with Crippen LogP contribution in [0, 0.1) is 0 Å². The molecule has 1 aromatic heterocycles. The van der Waals surface area contributed by atoms with E-state index in [1.807, 2.05) is 42.5 Å².